The lowest BCUT2D eigenvalue weighted by molar-refractivity contribution is 0.110. The first kappa shape index (κ1) is 16.2. The Kier molecular flexibility index (Phi) is 7.40. The fourth-order valence-corrected chi connectivity index (χ4v) is 1.68. The predicted octanol–water partition coefficient (Wildman–Crippen LogP) is 3.67. The molecule has 4 nitrogen and oxygen atoms in total. The van der Waals surface area contributed by atoms with Crippen LogP contribution in [0.4, 0.5) is 0 Å². The zero-order valence-corrected chi connectivity index (χ0v) is 12.2. The minimum atomic E-state index is 0.415. The Labute approximate surface area is 120 Å². The van der Waals surface area contributed by atoms with Crippen molar-refractivity contribution < 1.29 is 19.1 Å². The first-order valence-electron chi connectivity index (χ1n) is 7.10. The van der Waals surface area contributed by atoms with Crippen molar-refractivity contribution in [2.45, 2.75) is 39.5 Å². The van der Waals surface area contributed by atoms with Crippen molar-refractivity contribution >= 4 is 12.6 Å². The lowest BCUT2D eigenvalue weighted by atomic mass is 10.1. The van der Waals surface area contributed by atoms with Crippen LogP contribution >= 0.6 is 0 Å². The molecule has 0 amide bonds. The van der Waals surface area contributed by atoms with Crippen molar-refractivity contribution in [3.05, 3.63) is 23.3 Å². The molecule has 0 saturated carbocycles. The standard InChI is InChI=1S/C16H22O4/c1-3-5-7-19-15-9-14(12-18)16(10-13(15)11-17)20-8-6-4-2/h9-12H,3-8H2,1-2H3. The first-order chi connectivity index (χ1) is 9.76. The van der Waals surface area contributed by atoms with E-state index in [0.29, 0.717) is 35.8 Å². The van der Waals surface area contributed by atoms with Crippen LogP contribution in [0.3, 0.4) is 0 Å². The molecule has 1 rings (SSSR count). The number of carbonyl (C=O) groups excluding carboxylic acids is 2. The lowest BCUT2D eigenvalue weighted by Gasteiger charge is -2.13. The highest BCUT2D eigenvalue weighted by atomic mass is 16.5. The van der Waals surface area contributed by atoms with Crippen LogP contribution in [0.2, 0.25) is 0 Å². The summed E-state index contributed by atoms with van der Waals surface area (Å²) in [7, 11) is 0. The normalized spacial score (nSPS) is 10.1. The SMILES string of the molecule is CCCCOc1cc(C=O)c(OCCCC)cc1C=O. The smallest absolute Gasteiger partial charge is 0.153 e. The Morgan fingerprint density at radius 2 is 1.25 bits per heavy atom. The van der Waals surface area contributed by atoms with Crippen LogP contribution < -0.4 is 9.47 Å². The van der Waals surface area contributed by atoms with Gasteiger partial charge in [0.2, 0.25) is 0 Å². The second kappa shape index (κ2) is 9.13. The van der Waals surface area contributed by atoms with E-state index in [1.165, 1.54) is 0 Å². The van der Waals surface area contributed by atoms with Crippen molar-refractivity contribution in [2.24, 2.45) is 0 Å². The molecule has 20 heavy (non-hydrogen) atoms. The van der Waals surface area contributed by atoms with E-state index in [1.807, 2.05) is 0 Å². The van der Waals surface area contributed by atoms with Gasteiger partial charge in [-0.1, -0.05) is 26.7 Å². The summed E-state index contributed by atoms with van der Waals surface area (Å²) in [5.74, 6) is 0.886. The maximum Gasteiger partial charge on any atom is 0.153 e. The second-order valence-corrected chi connectivity index (χ2v) is 4.57. The summed E-state index contributed by atoms with van der Waals surface area (Å²) in [5, 5.41) is 0. The molecule has 0 unspecified atom stereocenters. The molecule has 4 heteroatoms. The average molecular weight is 278 g/mol. The van der Waals surface area contributed by atoms with E-state index < -0.39 is 0 Å². The van der Waals surface area contributed by atoms with E-state index in [1.54, 1.807) is 12.1 Å². The molecule has 0 aromatic heterocycles. The topological polar surface area (TPSA) is 52.6 Å². The van der Waals surface area contributed by atoms with E-state index in [4.69, 9.17) is 9.47 Å². The molecule has 110 valence electrons. The van der Waals surface area contributed by atoms with E-state index in [2.05, 4.69) is 13.8 Å². The van der Waals surface area contributed by atoms with Gasteiger partial charge < -0.3 is 9.47 Å². The third kappa shape index (κ3) is 4.68. The maximum absolute atomic E-state index is 11.1. The Morgan fingerprint density at radius 1 is 0.850 bits per heavy atom. The number of carbonyl (C=O) groups is 2. The van der Waals surface area contributed by atoms with Crippen LogP contribution in [0.15, 0.2) is 12.1 Å². The molecule has 0 aliphatic carbocycles. The molecule has 0 aliphatic heterocycles. The van der Waals surface area contributed by atoms with Crippen molar-refractivity contribution in [3.63, 3.8) is 0 Å². The molecular weight excluding hydrogens is 256 g/mol. The van der Waals surface area contributed by atoms with Crippen molar-refractivity contribution in [2.75, 3.05) is 13.2 Å². The number of rotatable bonds is 10. The fraction of sp³-hybridized carbons (Fsp3) is 0.500. The fourth-order valence-electron chi connectivity index (χ4n) is 1.68. The quantitative estimate of drug-likeness (QED) is 0.484. The van der Waals surface area contributed by atoms with Crippen LogP contribution in [0.1, 0.15) is 60.2 Å². The molecule has 0 heterocycles. The molecule has 0 radical (unpaired) electrons. The molecular formula is C16H22O4. The van der Waals surface area contributed by atoms with Gasteiger partial charge in [0, 0.05) is 0 Å². The highest BCUT2D eigenvalue weighted by molar-refractivity contribution is 5.87. The largest absolute Gasteiger partial charge is 0.493 e. The number of hydrogen-bond donors (Lipinski definition) is 0. The Balaban J connectivity index is 2.91. The zero-order chi connectivity index (χ0) is 14.8. The number of unbranched alkanes of at least 4 members (excludes halogenated alkanes) is 2. The van der Waals surface area contributed by atoms with E-state index in [-0.39, 0.29) is 0 Å². The summed E-state index contributed by atoms with van der Waals surface area (Å²) in [6.45, 7) is 5.19. The molecule has 0 saturated heterocycles. The summed E-state index contributed by atoms with van der Waals surface area (Å²) in [5.41, 5.74) is 0.830. The highest BCUT2D eigenvalue weighted by Crippen LogP contribution is 2.27. The van der Waals surface area contributed by atoms with Gasteiger partial charge >= 0.3 is 0 Å². The minimum Gasteiger partial charge on any atom is -0.493 e. The first-order valence-corrected chi connectivity index (χ1v) is 7.10. The summed E-state index contributed by atoms with van der Waals surface area (Å²) >= 11 is 0. The van der Waals surface area contributed by atoms with Crippen molar-refractivity contribution in [1.82, 2.24) is 0 Å². The molecule has 0 aliphatic rings. The molecule has 0 spiro atoms. The molecule has 0 N–H and O–H groups in total. The van der Waals surface area contributed by atoms with Crippen molar-refractivity contribution in [3.8, 4) is 11.5 Å². The van der Waals surface area contributed by atoms with Gasteiger partial charge in [-0.15, -0.1) is 0 Å². The Morgan fingerprint density at radius 3 is 1.55 bits per heavy atom. The minimum absolute atomic E-state index is 0.415. The van der Waals surface area contributed by atoms with Gasteiger partial charge in [0.1, 0.15) is 11.5 Å². The summed E-state index contributed by atoms with van der Waals surface area (Å²) in [6.07, 6.45) is 5.28. The number of benzene rings is 1. The van der Waals surface area contributed by atoms with Crippen LogP contribution in [-0.2, 0) is 0 Å². The predicted molar refractivity (Wildman–Crippen MR) is 78.0 cm³/mol. The lowest BCUT2D eigenvalue weighted by Crippen LogP contribution is -2.04. The van der Waals surface area contributed by atoms with E-state index in [0.717, 1.165) is 38.3 Å². The third-order valence-corrected chi connectivity index (χ3v) is 2.91. The van der Waals surface area contributed by atoms with E-state index in [9.17, 15) is 9.59 Å². The van der Waals surface area contributed by atoms with Gasteiger partial charge in [-0.3, -0.25) is 9.59 Å². The van der Waals surface area contributed by atoms with Gasteiger partial charge in [0.05, 0.1) is 24.3 Å². The van der Waals surface area contributed by atoms with Gasteiger partial charge in [-0.25, -0.2) is 0 Å². The van der Waals surface area contributed by atoms with Crippen LogP contribution in [0.5, 0.6) is 11.5 Å². The van der Waals surface area contributed by atoms with E-state index >= 15 is 0 Å². The highest BCUT2D eigenvalue weighted by Gasteiger charge is 2.11. The summed E-state index contributed by atoms with van der Waals surface area (Å²) < 4.78 is 11.1. The van der Waals surface area contributed by atoms with Crippen LogP contribution in [-0.4, -0.2) is 25.8 Å². The molecule has 0 fully saturated rings. The van der Waals surface area contributed by atoms with Crippen LogP contribution in [0.25, 0.3) is 0 Å². The summed E-state index contributed by atoms with van der Waals surface area (Å²) in [6, 6.07) is 3.15. The summed E-state index contributed by atoms with van der Waals surface area (Å²) in [4.78, 5) is 22.2. The number of aldehydes is 2. The number of ether oxygens (including phenoxy) is 2. The molecule has 0 bridgehead atoms. The Hall–Kier alpha value is -1.84. The van der Waals surface area contributed by atoms with Gasteiger partial charge in [-0.2, -0.15) is 0 Å². The van der Waals surface area contributed by atoms with Crippen molar-refractivity contribution in [1.29, 1.82) is 0 Å². The maximum atomic E-state index is 11.1. The zero-order valence-electron chi connectivity index (χ0n) is 12.2. The monoisotopic (exact) mass is 278 g/mol. The Bertz CT molecular complexity index is 399. The number of hydrogen-bond acceptors (Lipinski definition) is 4. The average Bonchev–Trinajstić information content (AvgIpc) is 2.48. The van der Waals surface area contributed by atoms with Gasteiger partial charge in [0.25, 0.3) is 0 Å². The van der Waals surface area contributed by atoms with Crippen LogP contribution in [0, 0.1) is 0 Å². The van der Waals surface area contributed by atoms with Gasteiger partial charge in [-0.05, 0) is 25.0 Å². The molecule has 1 aromatic rings. The second-order valence-electron chi connectivity index (χ2n) is 4.57. The van der Waals surface area contributed by atoms with Gasteiger partial charge in [0.15, 0.2) is 12.6 Å². The third-order valence-electron chi connectivity index (χ3n) is 2.91. The molecule has 1 aromatic carbocycles. The molecule has 0 atom stereocenters.